The van der Waals surface area contributed by atoms with Crippen LogP contribution in [0.1, 0.15) is 18.9 Å². The van der Waals surface area contributed by atoms with Crippen molar-refractivity contribution in [2.45, 2.75) is 24.8 Å². The number of benzene rings is 1. The summed E-state index contributed by atoms with van der Waals surface area (Å²) in [4.78, 5) is 2.48. The fourth-order valence-corrected chi connectivity index (χ4v) is 3.20. The molecule has 2 heteroatoms. The average molecular weight is 202 g/mol. The normalized spacial score (nSPS) is 34.4. The third-order valence-electron chi connectivity index (χ3n) is 4.11. The van der Waals surface area contributed by atoms with Gasteiger partial charge < -0.3 is 10.2 Å². The zero-order valence-electron chi connectivity index (χ0n) is 9.46. The molecule has 0 aliphatic carbocycles. The van der Waals surface area contributed by atoms with Crippen LogP contribution in [0.25, 0.3) is 0 Å². The van der Waals surface area contributed by atoms with Crippen molar-refractivity contribution >= 4 is 5.69 Å². The molecule has 2 aliphatic rings. The highest BCUT2D eigenvalue weighted by molar-refractivity contribution is 5.61. The molecule has 2 aliphatic heterocycles. The maximum absolute atomic E-state index is 3.55. The molecule has 0 bridgehead atoms. The highest BCUT2D eigenvalue weighted by Gasteiger charge is 2.45. The molecule has 3 rings (SSSR count). The fourth-order valence-electron chi connectivity index (χ4n) is 3.20. The zero-order chi connectivity index (χ0) is 10.5. The lowest BCUT2D eigenvalue weighted by molar-refractivity contribution is 0.322. The molecular weight excluding hydrogens is 184 g/mol. The summed E-state index contributed by atoms with van der Waals surface area (Å²) in [6.07, 6.45) is 1.29. The number of likely N-dealkylation sites (tertiary alicyclic amines) is 1. The van der Waals surface area contributed by atoms with Crippen molar-refractivity contribution in [1.29, 1.82) is 0 Å². The number of hydrogen-bond donors (Lipinski definition) is 1. The smallest absolute Gasteiger partial charge is 0.0379 e. The van der Waals surface area contributed by atoms with Crippen molar-refractivity contribution in [2.24, 2.45) is 0 Å². The largest absolute Gasteiger partial charge is 0.384 e. The molecule has 0 amide bonds. The summed E-state index contributed by atoms with van der Waals surface area (Å²) in [5.74, 6) is 0. The number of likely N-dealkylation sites (N-methyl/N-ethyl adjacent to an activating group) is 1. The molecule has 0 radical (unpaired) electrons. The first-order valence-electron chi connectivity index (χ1n) is 5.75. The van der Waals surface area contributed by atoms with E-state index in [0.29, 0.717) is 11.5 Å². The van der Waals surface area contributed by atoms with E-state index in [4.69, 9.17) is 0 Å². The first kappa shape index (κ1) is 9.22. The van der Waals surface area contributed by atoms with Crippen LogP contribution in [0.15, 0.2) is 24.3 Å². The molecule has 1 fully saturated rings. The molecule has 2 atom stereocenters. The fraction of sp³-hybridized carbons (Fsp3) is 0.538. The van der Waals surface area contributed by atoms with Gasteiger partial charge in [-0.3, -0.25) is 0 Å². The molecule has 0 aromatic heterocycles. The third kappa shape index (κ3) is 1.21. The zero-order valence-corrected chi connectivity index (χ0v) is 9.46. The number of rotatable bonds is 0. The molecule has 1 aromatic rings. The summed E-state index contributed by atoms with van der Waals surface area (Å²) in [6, 6.07) is 9.48. The summed E-state index contributed by atoms with van der Waals surface area (Å²) in [5.41, 5.74) is 3.26. The van der Waals surface area contributed by atoms with E-state index in [-0.39, 0.29) is 0 Å². The van der Waals surface area contributed by atoms with Gasteiger partial charge >= 0.3 is 0 Å². The maximum atomic E-state index is 3.55. The van der Waals surface area contributed by atoms with Crippen molar-refractivity contribution in [3.63, 3.8) is 0 Å². The Hall–Kier alpha value is -1.02. The van der Waals surface area contributed by atoms with E-state index in [1.165, 1.54) is 24.2 Å². The van der Waals surface area contributed by atoms with Gasteiger partial charge in [-0.25, -0.2) is 0 Å². The SMILES string of the molecule is CC1CC2(CNc3ccccc32)CN1C. The standard InChI is InChI=1S/C13H18N2/c1-10-7-13(9-15(10)2)8-14-12-6-4-3-5-11(12)13/h3-6,10,14H,7-9H2,1-2H3. The molecule has 80 valence electrons. The Balaban J connectivity index is 2.03. The highest BCUT2D eigenvalue weighted by Crippen LogP contribution is 2.44. The highest BCUT2D eigenvalue weighted by atomic mass is 15.2. The van der Waals surface area contributed by atoms with Gasteiger partial charge in [0.25, 0.3) is 0 Å². The van der Waals surface area contributed by atoms with E-state index >= 15 is 0 Å². The lowest BCUT2D eigenvalue weighted by Crippen LogP contribution is -2.31. The Kier molecular flexibility index (Phi) is 1.84. The average Bonchev–Trinajstić information content (AvgIpc) is 2.72. The van der Waals surface area contributed by atoms with Crippen molar-refractivity contribution in [3.8, 4) is 0 Å². The second-order valence-corrected chi connectivity index (χ2v) is 5.15. The number of anilines is 1. The Morgan fingerprint density at radius 2 is 2.20 bits per heavy atom. The Morgan fingerprint density at radius 1 is 1.40 bits per heavy atom. The van der Waals surface area contributed by atoms with Gasteiger partial charge in [0.05, 0.1) is 0 Å². The molecule has 1 N–H and O–H groups in total. The molecular formula is C13H18N2. The summed E-state index contributed by atoms with van der Waals surface area (Å²) in [5, 5.41) is 3.55. The summed E-state index contributed by atoms with van der Waals surface area (Å²) >= 11 is 0. The van der Waals surface area contributed by atoms with Crippen LogP contribution in [0.2, 0.25) is 0 Å². The molecule has 1 saturated heterocycles. The van der Waals surface area contributed by atoms with E-state index in [0.717, 1.165) is 6.54 Å². The Bertz CT molecular complexity index is 376. The summed E-state index contributed by atoms with van der Waals surface area (Å²) in [6.45, 7) is 4.63. The van der Waals surface area contributed by atoms with E-state index in [1.54, 1.807) is 0 Å². The lowest BCUT2D eigenvalue weighted by Gasteiger charge is -2.22. The van der Waals surface area contributed by atoms with Gasteiger partial charge in [0.1, 0.15) is 0 Å². The topological polar surface area (TPSA) is 15.3 Å². The maximum Gasteiger partial charge on any atom is 0.0379 e. The molecule has 15 heavy (non-hydrogen) atoms. The van der Waals surface area contributed by atoms with Gasteiger partial charge in [0, 0.05) is 30.2 Å². The van der Waals surface area contributed by atoms with E-state index in [2.05, 4.69) is 48.5 Å². The number of nitrogens with zero attached hydrogens (tertiary/aromatic N) is 1. The summed E-state index contributed by atoms with van der Waals surface area (Å²) in [7, 11) is 2.24. The van der Waals surface area contributed by atoms with E-state index < -0.39 is 0 Å². The van der Waals surface area contributed by atoms with E-state index in [1.807, 2.05) is 0 Å². The van der Waals surface area contributed by atoms with Gasteiger partial charge in [0.2, 0.25) is 0 Å². The van der Waals surface area contributed by atoms with Gasteiger partial charge in [-0.2, -0.15) is 0 Å². The molecule has 2 heterocycles. The van der Waals surface area contributed by atoms with Gasteiger partial charge in [-0.05, 0) is 32.0 Å². The van der Waals surface area contributed by atoms with Gasteiger partial charge in [0.15, 0.2) is 0 Å². The predicted octanol–water partition coefficient (Wildman–Crippen LogP) is 2.07. The van der Waals surface area contributed by atoms with Crippen LogP contribution >= 0.6 is 0 Å². The quantitative estimate of drug-likeness (QED) is 0.693. The number of nitrogens with one attached hydrogen (secondary N) is 1. The van der Waals surface area contributed by atoms with Crippen LogP contribution in [0, 0.1) is 0 Å². The minimum atomic E-state index is 0.380. The van der Waals surface area contributed by atoms with Crippen molar-refractivity contribution < 1.29 is 0 Å². The minimum absolute atomic E-state index is 0.380. The van der Waals surface area contributed by atoms with Crippen LogP contribution in [-0.2, 0) is 5.41 Å². The van der Waals surface area contributed by atoms with Crippen LogP contribution in [-0.4, -0.2) is 31.1 Å². The Labute approximate surface area is 91.3 Å². The van der Waals surface area contributed by atoms with Crippen molar-refractivity contribution in [3.05, 3.63) is 29.8 Å². The molecule has 2 nitrogen and oxygen atoms in total. The number of fused-ring (bicyclic) bond motifs is 2. The first-order valence-corrected chi connectivity index (χ1v) is 5.75. The molecule has 1 spiro atoms. The van der Waals surface area contributed by atoms with Crippen LogP contribution in [0.4, 0.5) is 5.69 Å². The molecule has 0 saturated carbocycles. The van der Waals surface area contributed by atoms with Crippen LogP contribution in [0.3, 0.4) is 0 Å². The van der Waals surface area contributed by atoms with E-state index in [9.17, 15) is 0 Å². The molecule has 2 unspecified atom stereocenters. The van der Waals surface area contributed by atoms with Crippen molar-refractivity contribution in [1.82, 2.24) is 4.90 Å². The monoisotopic (exact) mass is 202 g/mol. The van der Waals surface area contributed by atoms with Gasteiger partial charge in [-0.15, -0.1) is 0 Å². The Morgan fingerprint density at radius 3 is 2.93 bits per heavy atom. The first-order chi connectivity index (χ1) is 7.21. The van der Waals surface area contributed by atoms with Crippen LogP contribution in [0.5, 0.6) is 0 Å². The molecule has 1 aromatic carbocycles. The lowest BCUT2D eigenvalue weighted by atomic mass is 9.80. The second kappa shape index (κ2) is 2.99. The second-order valence-electron chi connectivity index (χ2n) is 5.15. The summed E-state index contributed by atoms with van der Waals surface area (Å²) < 4.78 is 0. The number of para-hydroxylation sites is 1. The predicted molar refractivity (Wildman–Crippen MR) is 63.3 cm³/mol. The third-order valence-corrected chi connectivity index (χ3v) is 4.11. The minimum Gasteiger partial charge on any atom is -0.384 e. The number of hydrogen-bond acceptors (Lipinski definition) is 2. The van der Waals surface area contributed by atoms with Gasteiger partial charge in [-0.1, -0.05) is 18.2 Å². The van der Waals surface area contributed by atoms with Crippen LogP contribution < -0.4 is 5.32 Å². The van der Waals surface area contributed by atoms with Crippen molar-refractivity contribution in [2.75, 3.05) is 25.5 Å².